The highest BCUT2D eigenvalue weighted by Crippen LogP contribution is 2.37. The molecule has 0 bridgehead atoms. The highest BCUT2D eigenvalue weighted by atomic mass is 79.9. The number of benzene rings is 4. The molecule has 48 heavy (non-hydrogen) atoms. The van der Waals surface area contributed by atoms with Crippen molar-refractivity contribution in [1.29, 1.82) is 0 Å². The third kappa shape index (κ3) is 10.6. The van der Waals surface area contributed by atoms with Gasteiger partial charge in [-0.15, -0.1) is 0 Å². The summed E-state index contributed by atoms with van der Waals surface area (Å²) in [6.07, 6.45) is 6.47. The van der Waals surface area contributed by atoms with Crippen LogP contribution in [-0.4, -0.2) is 61.0 Å². The molecule has 0 aromatic heterocycles. The minimum atomic E-state index is -0.570. The average Bonchev–Trinajstić information content (AvgIpc) is 3.03. The topological polar surface area (TPSA) is 226 Å². The van der Waals surface area contributed by atoms with Crippen molar-refractivity contribution in [3.8, 4) is 57.5 Å². The van der Waals surface area contributed by atoms with Crippen LogP contribution in [-0.2, 0) is 13.1 Å². The van der Waals surface area contributed by atoms with Crippen LogP contribution in [0.2, 0.25) is 0 Å². The summed E-state index contributed by atoms with van der Waals surface area (Å²) in [5.74, 6) is -3.79. The molecule has 0 fully saturated rings. The number of phenols is 10. The minimum absolute atomic E-state index is 0.231. The maximum atomic E-state index is 9.54. The first-order valence-corrected chi connectivity index (χ1v) is 15.8. The molecule has 0 spiro atoms. The fourth-order valence-corrected chi connectivity index (χ4v) is 4.98. The summed E-state index contributed by atoms with van der Waals surface area (Å²) >= 11 is 16.5. The highest BCUT2D eigenvalue weighted by Gasteiger charge is 2.10. The van der Waals surface area contributed by atoms with Gasteiger partial charge in [-0.1, -0.05) is 36.6 Å². The fraction of sp³-hybridized carbons (Fsp3) is 0.0625. The third-order valence-electron chi connectivity index (χ3n) is 6.18. The summed E-state index contributed by atoms with van der Waals surface area (Å²) in [6, 6.07) is 11.2. The molecule has 0 aliphatic rings. The molecule has 0 saturated heterocycles. The van der Waals surface area contributed by atoms with Crippen LogP contribution >= 0.6 is 56.3 Å². The Morgan fingerprint density at radius 1 is 0.479 bits per heavy atom. The Kier molecular flexibility index (Phi) is 13.1. The minimum Gasteiger partial charge on any atom is -0.504 e. The summed E-state index contributed by atoms with van der Waals surface area (Å²) in [5.41, 5.74) is 2.31. The van der Waals surface area contributed by atoms with Crippen LogP contribution in [0.15, 0.2) is 69.6 Å². The Morgan fingerprint density at radius 2 is 0.771 bits per heavy atom. The molecule has 12 nitrogen and oxygen atoms in total. The van der Waals surface area contributed by atoms with Gasteiger partial charge in [0.05, 0.1) is 18.9 Å². The standard InChI is InChI=1S/2C16H14BrNO5S/c2*17-10-3-8(4-11(19)15(10)22)1-2-14(24)18-7-9-5-12(20)16(23)13(21)6-9/h2*1-6,19-23H,7H2,(H,18,24)/b2*2-1+. The first kappa shape index (κ1) is 37.6. The molecule has 252 valence electrons. The van der Waals surface area contributed by atoms with Gasteiger partial charge >= 0.3 is 0 Å². The van der Waals surface area contributed by atoms with Crippen LogP contribution in [0.25, 0.3) is 12.2 Å². The Hall–Kier alpha value is -4.90. The largest absolute Gasteiger partial charge is 0.504 e. The van der Waals surface area contributed by atoms with Crippen molar-refractivity contribution in [3.05, 3.63) is 91.9 Å². The molecule has 4 rings (SSSR count). The fourth-order valence-electron chi connectivity index (χ4n) is 3.77. The molecule has 0 saturated carbocycles. The predicted molar refractivity (Wildman–Crippen MR) is 195 cm³/mol. The lowest BCUT2D eigenvalue weighted by Crippen LogP contribution is -2.18. The first-order valence-electron chi connectivity index (χ1n) is 13.4. The second kappa shape index (κ2) is 16.8. The van der Waals surface area contributed by atoms with E-state index in [0.29, 0.717) is 41.2 Å². The Labute approximate surface area is 301 Å². The Balaban J connectivity index is 0.000000260. The summed E-state index contributed by atoms with van der Waals surface area (Å²) in [6.45, 7) is 0.462. The maximum Gasteiger partial charge on any atom is 0.200 e. The molecule has 0 radical (unpaired) electrons. The number of hydrogen-bond acceptors (Lipinski definition) is 12. The third-order valence-corrected chi connectivity index (χ3v) is 7.95. The van der Waals surface area contributed by atoms with Crippen molar-refractivity contribution in [3.63, 3.8) is 0 Å². The molecule has 16 heteroatoms. The molecular formula is C32H28Br2N2O10S2. The second-order valence-electron chi connectivity index (χ2n) is 9.81. The van der Waals surface area contributed by atoms with E-state index in [4.69, 9.17) is 24.4 Å². The van der Waals surface area contributed by atoms with Gasteiger partial charge in [-0.05, 0) is 115 Å². The number of aromatic hydroxyl groups is 10. The number of phenolic OH excluding ortho intramolecular Hbond substituents is 10. The van der Waals surface area contributed by atoms with Gasteiger partial charge < -0.3 is 61.7 Å². The van der Waals surface area contributed by atoms with Crippen LogP contribution in [0.5, 0.6) is 57.5 Å². The van der Waals surface area contributed by atoms with Crippen molar-refractivity contribution < 1.29 is 51.1 Å². The normalized spacial score (nSPS) is 10.9. The molecule has 0 heterocycles. The molecule has 0 atom stereocenters. The number of thiocarbonyl (C=S) groups is 2. The zero-order valence-corrected chi connectivity index (χ0v) is 29.2. The van der Waals surface area contributed by atoms with Gasteiger partial charge in [0.25, 0.3) is 0 Å². The molecule has 4 aromatic rings. The molecule has 0 aliphatic carbocycles. The maximum absolute atomic E-state index is 9.54. The molecule has 0 aliphatic heterocycles. The van der Waals surface area contributed by atoms with Crippen molar-refractivity contribution in [2.45, 2.75) is 13.1 Å². The quantitative estimate of drug-likeness (QED) is 0.0539. The van der Waals surface area contributed by atoms with Gasteiger partial charge in [-0.25, -0.2) is 0 Å². The molecular weight excluding hydrogens is 796 g/mol. The highest BCUT2D eigenvalue weighted by molar-refractivity contribution is 9.11. The summed E-state index contributed by atoms with van der Waals surface area (Å²) in [5, 5.41) is 100. The number of rotatable bonds is 8. The molecule has 0 amide bonds. The van der Waals surface area contributed by atoms with Gasteiger partial charge in [-0.2, -0.15) is 0 Å². The predicted octanol–water partition coefficient (Wildman–Crippen LogP) is 6.22. The van der Waals surface area contributed by atoms with Gasteiger partial charge in [0.15, 0.2) is 57.5 Å². The van der Waals surface area contributed by atoms with Gasteiger partial charge in [0, 0.05) is 13.1 Å². The number of halogens is 2. The van der Waals surface area contributed by atoms with E-state index < -0.39 is 34.5 Å². The van der Waals surface area contributed by atoms with E-state index in [-0.39, 0.29) is 36.1 Å². The van der Waals surface area contributed by atoms with E-state index in [9.17, 15) is 51.1 Å². The second-order valence-corrected chi connectivity index (χ2v) is 12.4. The van der Waals surface area contributed by atoms with Gasteiger partial charge in [0.1, 0.15) is 0 Å². The Bertz CT molecular complexity index is 1690. The van der Waals surface area contributed by atoms with Crippen molar-refractivity contribution >= 4 is 78.4 Å². The number of hydrogen-bond donors (Lipinski definition) is 12. The molecule has 12 N–H and O–H groups in total. The Morgan fingerprint density at radius 3 is 1.06 bits per heavy atom. The lowest BCUT2D eigenvalue weighted by atomic mass is 10.1. The van der Waals surface area contributed by atoms with Crippen molar-refractivity contribution in [2.24, 2.45) is 0 Å². The molecule has 4 aromatic carbocycles. The van der Waals surface area contributed by atoms with Crippen molar-refractivity contribution in [1.82, 2.24) is 10.6 Å². The van der Waals surface area contributed by atoms with E-state index in [0.717, 1.165) is 0 Å². The smallest absolute Gasteiger partial charge is 0.200 e. The SMILES string of the molecule is Oc1cc(CNC(=S)/C=C/c2cc(O)c(O)c(Br)c2)cc(O)c1O.Oc1cc(CNC(=S)/C=C/c2cc(O)c(O)c(Br)c2)cc(O)c1O. The zero-order chi connectivity index (χ0) is 35.7. The van der Waals surface area contributed by atoms with Crippen LogP contribution in [0.1, 0.15) is 22.3 Å². The number of nitrogens with one attached hydrogen (secondary N) is 2. The summed E-state index contributed by atoms with van der Waals surface area (Å²) < 4.78 is 0.715. The van der Waals surface area contributed by atoms with Crippen LogP contribution in [0, 0.1) is 0 Å². The van der Waals surface area contributed by atoms with Crippen LogP contribution < -0.4 is 10.6 Å². The van der Waals surface area contributed by atoms with E-state index in [2.05, 4.69) is 42.5 Å². The monoisotopic (exact) mass is 822 g/mol. The first-order chi connectivity index (χ1) is 22.5. The zero-order valence-electron chi connectivity index (χ0n) is 24.4. The van der Waals surface area contributed by atoms with Crippen LogP contribution in [0.4, 0.5) is 0 Å². The van der Waals surface area contributed by atoms with E-state index in [1.54, 1.807) is 36.4 Å². The van der Waals surface area contributed by atoms with Gasteiger partial charge in [0.2, 0.25) is 0 Å². The van der Waals surface area contributed by atoms with E-state index in [1.165, 1.54) is 36.4 Å². The summed E-state index contributed by atoms with van der Waals surface area (Å²) in [7, 11) is 0. The summed E-state index contributed by atoms with van der Waals surface area (Å²) in [4.78, 5) is 0.761. The van der Waals surface area contributed by atoms with E-state index in [1.807, 2.05) is 0 Å². The van der Waals surface area contributed by atoms with Gasteiger partial charge in [-0.3, -0.25) is 0 Å². The molecule has 0 unspecified atom stereocenters. The van der Waals surface area contributed by atoms with Crippen LogP contribution in [0.3, 0.4) is 0 Å². The lowest BCUT2D eigenvalue weighted by Gasteiger charge is -2.08. The lowest BCUT2D eigenvalue weighted by molar-refractivity contribution is 0.367. The van der Waals surface area contributed by atoms with Crippen molar-refractivity contribution in [2.75, 3.05) is 0 Å². The van der Waals surface area contributed by atoms with E-state index >= 15 is 0 Å². The average molecular weight is 825 g/mol.